The largest absolute Gasteiger partial charge is 0.346 e. The van der Waals surface area contributed by atoms with E-state index in [0.717, 1.165) is 61.1 Å². The molecule has 8 nitrogen and oxygen atoms in total. The average Bonchev–Trinajstić information content (AvgIpc) is 3.59. The Bertz CT molecular complexity index is 1160. The normalized spacial score (nSPS) is 28.6. The Labute approximate surface area is 193 Å². The van der Waals surface area contributed by atoms with Crippen LogP contribution in [-0.4, -0.2) is 71.7 Å². The number of rotatable bonds is 4. The van der Waals surface area contributed by atoms with E-state index in [1.54, 1.807) is 6.33 Å². The number of likely N-dealkylation sites (tertiary alicyclic amines) is 1. The number of amides is 1. The van der Waals surface area contributed by atoms with Gasteiger partial charge in [0.05, 0.1) is 17.9 Å². The molecule has 3 saturated heterocycles. The summed E-state index contributed by atoms with van der Waals surface area (Å²) in [6.45, 7) is 2.09. The molecular formula is C25H31N7O. The molecule has 2 atom stereocenters. The SMILES string of the molecule is O=C(C1CCCC1)N1C2CCC1CC(N1CC(n3cc(-c4ncnc5[nH]ccc45)cn3)C1)C2. The lowest BCUT2D eigenvalue weighted by atomic mass is 9.91. The summed E-state index contributed by atoms with van der Waals surface area (Å²) < 4.78 is 2.11. The molecular weight excluding hydrogens is 414 g/mol. The van der Waals surface area contributed by atoms with E-state index < -0.39 is 0 Å². The van der Waals surface area contributed by atoms with Crippen molar-refractivity contribution in [2.75, 3.05) is 13.1 Å². The molecule has 1 saturated carbocycles. The summed E-state index contributed by atoms with van der Waals surface area (Å²) in [5.74, 6) is 0.791. The summed E-state index contributed by atoms with van der Waals surface area (Å²) in [5.41, 5.74) is 2.83. The zero-order valence-corrected chi connectivity index (χ0v) is 18.9. The van der Waals surface area contributed by atoms with Gasteiger partial charge < -0.3 is 9.88 Å². The van der Waals surface area contributed by atoms with Crippen LogP contribution in [0, 0.1) is 5.92 Å². The van der Waals surface area contributed by atoms with E-state index in [0.29, 0.717) is 36.0 Å². The molecule has 172 valence electrons. The number of H-pyrrole nitrogens is 1. The fourth-order valence-electron chi connectivity index (χ4n) is 6.91. The highest BCUT2D eigenvalue weighted by Crippen LogP contribution is 2.42. The van der Waals surface area contributed by atoms with Gasteiger partial charge >= 0.3 is 0 Å². The molecule has 2 unspecified atom stereocenters. The van der Waals surface area contributed by atoms with Gasteiger partial charge in [0.25, 0.3) is 0 Å². The van der Waals surface area contributed by atoms with E-state index in [-0.39, 0.29) is 0 Å². The third-order valence-corrected chi connectivity index (χ3v) is 8.68. The molecule has 3 aliphatic heterocycles. The van der Waals surface area contributed by atoms with Crippen LogP contribution in [0.15, 0.2) is 31.0 Å². The zero-order chi connectivity index (χ0) is 21.9. The molecule has 8 heteroatoms. The van der Waals surface area contributed by atoms with Crippen molar-refractivity contribution in [3.05, 3.63) is 31.0 Å². The molecule has 1 N–H and O–H groups in total. The monoisotopic (exact) mass is 445 g/mol. The minimum atomic E-state index is 0.314. The van der Waals surface area contributed by atoms with Crippen LogP contribution >= 0.6 is 0 Å². The highest BCUT2D eigenvalue weighted by molar-refractivity contribution is 5.90. The Balaban J connectivity index is 1.00. The predicted octanol–water partition coefficient (Wildman–Crippen LogP) is 3.39. The van der Waals surface area contributed by atoms with Crippen LogP contribution in [-0.2, 0) is 4.79 Å². The van der Waals surface area contributed by atoms with Gasteiger partial charge in [-0.3, -0.25) is 14.4 Å². The standard InChI is InChI=1S/C25H31N7O/c33-25(16-3-1-2-4-16)32-18-5-6-19(32)10-20(9-18)30-13-21(14-30)31-12-17(11-29-31)23-22-7-8-26-24(22)28-15-27-23/h7-8,11-12,15-16,18-21H,1-6,9-10,13-14H2,(H,26,27,28). The minimum absolute atomic E-state index is 0.314. The van der Waals surface area contributed by atoms with Gasteiger partial charge in [-0.2, -0.15) is 5.10 Å². The third-order valence-electron chi connectivity index (χ3n) is 8.68. The number of hydrogen-bond acceptors (Lipinski definition) is 5. The summed E-state index contributed by atoms with van der Waals surface area (Å²) in [6, 6.07) is 3.99. The fourth-order valence-corrected chi connectivity index (χ4v) is 6.91. The second-order valence-electron chi connectivity index (χ2n) is 10.5. The number of piperidine rings is 1. The number of hydrogen-bond donors (Lipinski definition) is 1. The Hall–Kier alpha value is -2.74. The topological polar surface area (TPSA) is 82.9 Å². The van der Waals surface area contributed by atoms with Gasteiger partial charge in [0.1, 0.15) is 12.0 Å². The van der Waals surface area contributed by atoms with E-state index in [9.17, 15) is 4.79 Å². The molecule has 0 radical (unpaired) electrons. The van der Waals surface area contributed by atoms with Gasteiger partial charge in [0.2, 0.25) is 5.91 Å². The summed E-state index contributed by atoms with van der Waals surface area (Å²) >= 11 is 0. The first-order valence-electron chi connectivity index (χ1n) is 12.6. The van der Waals surface area contributed by atoms with Crippen LogP contribution in [0.3, 0.4) is 0 Å². The molecule has 0 aromatic carbocycles. The first-order valence-corrected chi connectivity index (χ1v) is 12.6. The Morgan fingerprint density at radius 2 is 1.76 bits per heavy atom. The number of nitrogens with one attached hydrogen (secondary N) is 1. The number of carbonyl (C=O) groups is 1. The molecule has 3 aromatic rings. The van der Waals surface area contributed by atoms with Crippen LogP contribution in [0.5, 0.6) is 0 Å². The van der Waals surface area contributed by atoms with Crippen LogP contribution in [0.1, 0.15) is 57.4 Å². The van der Waals surface area contributed by atoms with E-state index >= 15 is 0 Å². The lowest BCUT2D eigenvalue weighted by Gasteiger charge is -2.49. The summed E-state index contributed by atoms with van der Waals surface area (Å²) in [5, 5.41) is 5.70. The molecule has 1 aliphatic carbocycles. The lowest BCUT2D eigenvalue weighted by Crippen LogP contribution is -2.59. The van der Waals surface area contributed by atoms with Gasteiger partial charge in [-0.25, -0.2) is 9.97 Å². The molecule has 3 aromatic heterocycles. The molecule has 4 fully saturated rings. The van der Waals surface area contributed by atoms with E-state index in [4.69, 9.17) is 0 Å². The van der Waals surface area contributed by atoms with Crippen molar-refractivity contribution in [3.63, 3.8) is 0 Å². The molecule has 4 aliphatic rings. The minimum Gasteiger partial charge on any atom is -0.346 e. The lowest BCUT2D eigenvalue weighted by molar-refractivity contribution is -0.141. The second-order valence-corrected chi connectivity index (χ2v) is 10.5. The van der Waals surface area contributed by atoms with Crippen molar-refractivity contribution in [2.24, 2.45) is 5.92 Å². The van der Waals surface area contributed by atoms with Crippen molar-refractivity contribution in [2.45, 2.75) is 75.5 Å². The zero-order valence-electron chi connectivity index (χ0n) is 18.9. The maximum atomic E-state index is 13.1. The van der Waals surface area contributed by atoms with Gasteiger partial charge in [-0.05, 0) is 44.6 Å². The van der Waals surface area contributed by atoms with Crippen LogP contribution in [0.4, 0.5) is 0 Å². The van der Waals surface area contributed by atoms with Crippen molar-refractivity contribution in [1.82, 2.24) is 34.5 Å². The molecule has 0 spiro atoms. The number of fused-ring (bicyclic) bond motifs is 3. The highest BCUT2D eigenvalue weighted by atomic mass is 16.2. The first kappa shape index (κ1) is 19.7. The highest BCUT2D eigenvalue weighted by Gasteiger charge is 2.48. The second kappa shape index (κ2) is 7.65. The van der Waals surface area contributed by atoms with E-state index in [1.165, 1.54) is 25.7 Å². The van der Waals surface area contributed by atoms with Gasteiger partial charge in [0, 0.05) is 60.5 Å². The van der Waals surface area contributed by atoms with Crippen molar-refractivity contribution in [3.8, 4) is 11.3 Å². The fraction of sp³-hybridized carbons (Fsp3) is 0.600. The first-order chi connectivity index (χ1) is 16.2. The number of aromatic nitrogens is 5. The Morgan fingerprint density at radius 1 is 0.970 bits per heavy atom. The maximum Gasteiger partial charge on any atom is 0.226 e. The van der Waals surface area contributed by atoms with E-state index in [1.807, 2.05) is 18.5 Å². The third kappa shape index (κ3) is 3.21. The van der Waals surface area contributed by atoms with Crippen molar-refractivity contribution >= 4 is 16.9 Å². The summed E-state index contributed by atoms with van der Waals surface area (Å²) in [7, 11) is 0. The van der Waals surface area contributed by atoms with Crippen molar-refractivity contribution < 1.29 is 4.79 Å². The van der Waals surface area contributed by atoms with Crippen molar-refractivity contribution in [1.29, 1.82) is 0 Å². The maximum absolute atomic E-state index is 13.1. The van der Waals surface area contributed by atoms with Crippen LogP contribution in [0.2, 0.25) is 0 Å². The summed E-state index contributed by atoms with van der Waals surface area (Å²) in [6.07, 6.45) is 17.0. The van der Waals surface area contributed by atoms with Gasteiger partial charge in [-0.15, -0.1) is 0 Å². The Morgan fingerprint density at radius 3 is 2.55 bits per heavy atom. The molecule has 6 heterocycles. The van der Waals surface area contributed by atoms with E-state index in [2.05, 4.69) is 40.7 Å². The average molecular weight is 446 g/mol. The number of carbonyl (C=O) groups excluding carboxylic acids is 1. The molecule has 7 rings (SSSR count). The molecule has 2 bridgehead atoms. The van der Waals surface area contributed by atoms with Gasteiger partial charge in [0.15, 0.2) is 0 Å². The van der Waals surface area contributed by atoms with Crippen LogP contribution < -0.4 is 0 Å². The number of nitrogens with zero attached hydrogens (tertiary/aromatic N) is 6. The van der Waals surface area contributed by atoms with Crippen LogP contribution in [0.25, 0.3) is 22.3 Å². The predicted molar refractivity (Wildman–Crippen MR) is 124 cm³/mol. The quantitative estimate of drug-likeness (QED) is 0.666. The summed E-state index contributed by atoms with van der Waals surface area (Å²) in [4.78, 5) is 30.0. The number of aromatic amines is 1. The molecule has 33 heavy (non-hydrogen) atoms. The van der Waals surface area contributed by atoms with Gasteiger partial charge in [-0.1, -0.05) is 12.8 Å². The Kier molecular flexibility index (Phi) is 4.57. The molecule has 1 amide bonds. The smallest absolute Gasteiger partial charge is 0.226 e.